The number of nitrogens with two attached hydrogens (primary N) is 1. The summed E-state index contributed by atoms with van der Waals surface area (Å²) in [6.07, 6.45) is 5.43. The van der Waals surface area contributed by atoms with Crippen LogP contribution in [0.4, 0.5) is 0 Å². The maximum Gasteiger partial charge on any atom is 0.126 e. The van der Waals surface area contributed by atoms with E-state index in [1.165, 1.54) is 0 Å². The van der Waals surface area contributed by atoms with Gasteiger partial charge in [0.15, 0.2) is 0 Å². The molecule has 0 spiro atoms. The molecule has 112 valence electrons. The van der Waals surface area contributed by atoms with E-state index in [4.69, 9.17) is 5.73 Å². The van der Waals surface area contributed by atoms with Crippen LogP contribution in [0.5, 0.6) is 0 Å². The van der Waals surface area contributed by atoms with Crippen LogP contribution in [0.1, 0.15) is 32.3 Å². The quantitative estimate of drug-likeness (QED) is 0.606. The molecule has 3 atom stereocenters. The highest BCUT2D eigenvalue weighted by molar-refractivity contribution is 5.84. The standard InChI is InChI=1S/C15H22N6/c1-11-7-14(20-19-11)21-6-5-15(2,16)13(10-21)4-3-12-8-17-18-9-12/h8-9,11,13,19H,5-7,10,16H2,1-2H3,(H,17,18). The summed E-state index contributed by atoms with van der Waals surface area (Å²) >= 11 is 0. The fourth-order valence-corrected chi connectivity index (χ4v) is 2.75. The lowest BCUT2D eigenvalue weighted by atomic mass is 9.80. The van der Waals surface area contributed by atoms with Crippen LogP contribution in [0.15, 0.2) is 17.5 Å². The van der Waals surface area contributed by atoms with Gasteiger partial charge in [0.1, 0.15) is 5.84 Å². The lowest BCUT2D eigenvalue weighted by Gasteiger charge is -2.42. The van der Waals surface area contributed by atoms with Gasteiger partial charge in [-0.15, -0.1) is 0 Å². The van der Waals surface area contributed by atoms with Crippen LogP contribution >= 0.6 is 0 Å². The average molecular weight is 286 g/mol. The summed E-state index contributed by atoms with van der Waals surface area (Å²) < 4.78 is 0. The molecule has 3 unspecified atom stereocenters. The van der Waals surface area contributed by atoms with E-state index in [-0.39, 0.29) is 11.5 Å². The van der Waals surface area contributed by atoms with Crippen LogP contribution < -0.4 is 11.2 Å². The second-order valence-corrected chi connectivity index (χ2v) is 6.27. The fraction of sp³-hybridized carbons (Fsp3) is 0.600. The molecule has 0 bridgehead atoms. The first-order valence-electron chi connectivity index (χ1n) is 7.41. The Balaban J connectivity index is 1.73. The van der Waals surface area contributed by atoms with E-state index < -0.39 is 0 Å². The molecule has 0 radical (unpaired) electrons. The van der Waals surface area contributed by atoms with Gasteiger partial charge >= 0.3 is 0 Å². The first-order chi connectivity index (χ1) is 10.0. The van der Waals surface area contributed by atoms with Gasteiger partial charge in [-0.05, 0) is 20.3 Å². The van der Waals surface area contributed by atoms with Crippen molar-refractivity contribution in [1.29, 1.82) is 0 Å². The second kappa shape index (κ2) is 5.41. The summed E-state index contributed by atoms with van der Waals surface area (Å²) in [6.45, 7) is 6.02. The normalized spacial score (nSPS) is 32.1. The number of hydrogen-bond donors (Lipinski definition) is 3. The molecule has 1 aromatic heterocycles. The van der Waals surface area contributed by atoms with Gasteiger partial charge in [-0.2, -0.15) is 10.2 Å². The Hall–Kier alpha value is -2.00. The van der Waals surface area contributed by atoms with Crippen molar-refractivity contribution in [2.24, 2.45) is 16.8 Å². The summed E-state index contributed by atoms with van der Waals surface area (Å²) in [7, 11) is 0. The molecule has 2 aliphatic rings. The number of hydrazone groups is 1. The van der Waals surface area contributed by atoms with E-state index in [0.717, 1.165) is 37.3 Å². The summed E-state index contributed by atoms with van der Waals surface area (Å²) in [5.41, 5.74) is 10.2. The Morgan fingerprint density at radius 1 is 1.52 bits per heavy atom. The number of likely N-dealkylation sites (tertiary alicyclic amines) is 1. The number of hydrogen-bond acceptors (Lipinski definition) is 5. The lowest BCUT2D eigenvalue weighted by Crippen LogP contribution is -2.56. The zero-order valence-corrected chi connectivity index (χ0v) is 12.6. The average Bonchev–Trinajstić information content (AvgIpc) is 3.08. The predicted octanol–water partition coefficient (Wildman–Crippen LogP) is 0.496. The molecule has 1 saturated heterocycles. The maximum atomic E-state index is 6.44. The lowest BCUT2D eigenvalue weighted by molar-refractivity contribution is 0.195. The van der Waals surface area contributed by atoms with Gasteiger partial charge in [-0.1, -0.05) is 11.8 Å². The second-order valence-electron chi connectivity index (χ2n) is 6.27. The number of piperidine rings is 1. The van der Waals surface area contributed by atoms with E-state index in [9.17, 15) is 0 Å². The predicted molar refractivity (Wildman–Crippen MR) is 82.4 cm³/mol. The fourth-order valence-electron chi connectivity index (χ4n) is 2.75. The molecule has 1 aromatic rings. The number of H-pyrrole nitrogens is 1. The number of aromatic amines is 1. The first kappa shape index (κ1) is 14.0. The van der Waals surface area contributed by atoms with Crippen LogP contribution in [0, 0.1) is 17.8 Å². The molecule has 0 aromatic carbocycles. The molecule has 6 heteroatoms. The highest BCUT2D eigenvalue weighted by atomic mass is 15.4. The van der Waals surface area contributed by atoms with Crippen LogP contribution in [-0.4, -0.2) is 45.6 Å². The monoisotopic (exact) mass is 286 g/mol. The summed E-state index contributed by atoms with van der Waals surface area (Å²) in [4.78, 5) is 2.32. The van der Waals surface area contributed by atoms with Crippen LogP contribution in [0.3, 0.4) is 0 Å². The number of nitrogens with zero attached hydrogens (tertiary/aromatic N) is 3. The third-order valence-electron chi connectivity index (χ3n) is 4.28. The maximum absolute atomic E-state index is 6.44. The first-order valence-corrected chi connectivity index (χ1v) is 7.41. The Labute approximate surface area is 125 Å². The highest BCUT2D eigenvalue weighted by Gasteiger charge is 2.37. The van der Waals surface area contributed by atoms with Crippen molar-refractivity contribution < 1.29 is 0 Å². The molecule has 2 aliphatic heterocycles. The van der Waals surface area contributed by atoms with E-state index in [2.05, 4.69) is 51.3 Å². The molecule has 21 heavy (non-hydrogen) atoms. The number of rotatable bonds is 0. The van der Waals surface area contributed by atoms with Crippen LogP contribution in [-0.2, 0) is 0 Å². The highest BCUT2D eigenvalue weighted by Crippen LogP contribution is 2.26. The Kier molecular flexibility index (Phi) is 3.60. The molecule has 3 heterocycles. The van der Waals surface area contributed by atoms with Crippen molar-refractivity contribution in [3.63, 3.8) is 0 Å². The molecule has 0 saturated carbocycles. The van der Waals surface area contributed by atoms with Crippen molar-refractivity contribution >= 4 is 5.84 Å². The van der Waals surface area contributed by atoms with Gasteiger partial charge in [0.05, 0.1) is 17.7 Å². The van der Waals surface area contributed by atoms with Crippen molar-refractivity contribution in [1.82, 2.24) is 20.5 Å². The van der Waals surface area contributed by atoms with Crippen LogP contribution in [0.2, 0.25) is 0 Å². The molecule has 1 fully saturated rings. The molecular weight excluding hydrogens is 264 g/mol. The van der Waals surface area contributed by atoms with Gasteiger partial charge in [0.25, 0.3) is 0 Å². The van der Waals surface area contributed by atoms with Gasteiger partial charge in [0, 0.05) is 37.3 Å². The van der Waals surface area contributed by atoms with E-state index in [0.29, 0.717) is 6.04 Å². The van der Waals surface area contributed by atoms with Crippen molar-refractivity contribution in [3.8, 4) is 11.8 Å². The Morgan fingerprint density at radius 2 is 2.38 bits per heavy atom. The van der Waals surface area contributed by atoms with Crippen molar-refractivity contribution in [3.05, 3.63) is 18.0 Å². The van der Waals surface area contributed by atoms with Crippen molar-refractivity contribution in [2.45, 2.75) is 38.3 Å². The van der Waals surface area contributed by atoms with E-state index in [1.807, 2.05) is 0 Å². The molecule has 6 nitrogen and oxygen atoms in total. The molecule has 3 rings (SSSR count). The molecule has 0 aliphatic carbocycles. The number of aromatic nitrogens is 2. The molecule has 0 amide bonds. The SMILES string of the molecule is CC1CC(N2CCC(C)(N)C(C#Cc3cn[nH]c3)C2)=NN1. The van der Waals surface area contributed by atoms with Crippen LogP contribution in [0.25, 0.3) is 0 Å². The minimum absolute atomic E-state index is 0.125. The molecule has 4 N–H and O–H groups in total. The summed E-state index contributed by atoms with van der Waals surface area (Å²) in [5, 5.41) is 11.1. The van der Waals surface area contributed by atoms with Gasteiger partial charge < -0.3 is 16.1 Å². The van der Waals surface area contributed by atoms with E-state index in [1.54, 1.807) is 12.4 Å². The zero-order chi connectivity index (χ0) is 14.9. The molecular formula is C15H22N6. The minimum atomic E-state index is -0.258. The Morgan fingerprint density at radius 3 is 3.05 bits per heavy atom. The largest absolute Gasteiger partial charge is 0.357 e. The van der Waals surface area contributed by atoms with Gasteiger partial charge in [-0.3, -0.25) is 5.10 Å². The summed E-state index contributed by atoms with van der Waals surface area (Å²) in [6, 6.07) is 0.418. The van der Waals surface area contributed by atoms with E-state index >= 15 is 0 Å². The van der Waals surface area contributed by atoms with Gasteiger partial charge in [0.2, 0.25) is 0 Å². The topological polar surface area (TPSA) is 82.3 Å². The smallest absolute Gasteiger partial charge is 0.126 e. The number of amidine groups is 1. The third-order valence-corrected chi connectivity index (χ3v) is 4.28. The third kappa shape index (κ3) is 3.03. The number of nitrogens with one attached hydrogen (secondary N) is 2. The zero-order valence-electron chi connectivity index (χ0n) is 12.6. The van der Waals surface area contributed by atoms with Crippen molar-refractivity contribution in [2.75, 3.05) is 13.1 Å². The van der Waals surface area contributed by atoms with Gasteiger partial charge in [-0.25, -0.2) is 0 Å². The minimum Gasteiger partial charge on any atom is -0.357 e. The Bertz CT molecular complexity index is 577. The summed E-state index contributed by atoms with van der Waals surface area (Å²) in [5.74, 6) is 7.75.